The summed E-state index contributed by atoms with van der Waals surface area (Å²) in [6.07, 6.45) is 8.88. The monoisotopic (exact) mass is 481 g/mol. The summed E-state index contributed by atoms with van der Waals surface area (Å²) in [5.74, 6) is 0.543. The molecule has 9 heteroatoms. The maximum atomic E-state index is 12.8. The van der Waals surface area contributed by atoms with E-state index in [-0.39, 0.29) is 5.91 Å². The molecule has 0 radical (unpaired) electrons. The van der Waals surface area contributed by atoms with Gasteiger partial charge in [-0.25, -0.2) is 9.97 Å². The minimum Gasteiger partial charge on any atom is -0.379 e. The fourth-order valence-corrected chi connectivity index (χ4v) is 6.35. The largest absolute Gasteiger partial charge is 0.379 e. The van der Waals surface area contributed by atoms with Crippen LogP contribution < -0.4 is 0 Å². The average Bonchev–Trinajstić information content (AvgIpc) is 3.56. The van der Waals surface area contributed by atoms with Crippen LogP contribution in [0.25, 0.3) is 22.3 Å². The molecule has 0 atom stereocenters. The van der Waals surface area contributed by atoms with E-state index in [0.29, 0.717) is 43.3 Å². The Morgan fingerprint density at radius 1 is 1.03 bits per heavy atom. The van der Waals surface area contributed by atoms with Gasteiger partial charge in [-0.15, -0.1) is 11.3 Å². The molecule has 3 aromatic heterocycles. The molecule has 6 rings (SSSR count). The third-order valence-corrected chi connectivity index (χ3v) is 8.37. The van der Waals surface area contributed by atoms with Crippen LogP contribution in [-0.2, 0) is 9.47 Å². The number of pyridine rings is 1. The zero-order valence-electron chi connectivity index (χ0n) is 19.4. The van der Waals surface area contributed by atoms with Crippen molar-refractivity contribution in [3.05, 3.63) is 34.4 Å². The van der Waals surface area contributed by atoms with Gasteiger partial charge < -0.3 is 19.4 Å². The number of carbonyl (C=O) groups is 1. The average molecular weight is 482 g/mol. The summed E-state index contributed by atoms with van der Waals surface area (Å²) in [4.78, 5) is 30.0. The second-order valence-corrected chi connectivity index (χ2v) is 10.3. The number of morpholine rings is 2. The molecular weight excluding hydrogens is 450 g/mol. The van der Waals surface area contributed by atoms with Crippen LogP contribution in [-0.4, -0.2) is 89.3 Å². The first kappa shape index (κ1) is 22.2. The lowest BCUT2D eigenvalue weighted by molar-refractivity contribution is 0.00729. The van der Waals surface area contributed by atoms with Crippen molar-refractivity contribution in [3.63, 3.8) is 0 Å². The predicted octanol–water partition coefficient (Wildman–Crippen LogP) is 3.52. The summed E-state index contributed by atoms with van der Waals surface area (Å²) in [6, 6.07) is 2.98. The first-order valence-corrected chi connectivity index (χ1v) is 13.3. The molecule has 0 spiro atoms. The van der Waals surface area contributed by atoms with Gasteiger partial charge in [-0.05, 0) is 43.2 Å². The molecule has 1 amide bonds. The molecule has 180 valence electrons. The molecule has 1 saturated carbocycles. The SMILES string of the molecule is O=C(c1nc(-c2c[nH]c3ncc(C4CCC(N5CCOCC5)CC4)cc23)cs1)N1CCOCC1. The highest BCUT2D eigenvalue weighted by Crippen LogP contribution is 2.37. The number of hydrogen-bond donors (Lipinski definition) is 1. The van der Waals surface area contributed by atoms with Crippen molar-refractivity contribution in [1.29, 1.82) is 0 Å². The molecule has 5 heterocycles. The Labute approximate surface area is 203 Å². The third-order valence-electron chi connectivity index (χ3n) is 7.54. The van der Waals surface area contributed by atoms with Gasteiger partial charge in [0.15, 0.2) is 5.01 Å². The van der Waals surface area contributed by atoms with Crippen LogP contribution in [0.2, 0.25) is 0 Å². The summed E-state index contributed by atoms with van der Waals surface area (Å²) in [6.45, 7) is 6.31. The highest BCUT2D eigenvalue weighted by Gasteiger charge is 2.28. The predicted molar refractivity (Wildman–Crippen MR) is 131 cm³/mol. The van der Waals surface area contributed by atoms with Gasteiger partial charge in [0.2, 0.25) is 0 Å². The molecule has 34 heavy (non-hydrogen) atoms. The fourth-order valence-electron chi connectivity index (χ4n) is 5.57. The van der Waals surface area contributed by atoms with Crippen LogP contribution in [0, 0.1) is 0 Å². The zero-order valence-corrected chi connectivity index (χ0v) is 20.2. The second kappa shape index (κ2) is 9.73. The first-order valence-electron chi connectivity index (χ1n) is 12.4. The molecule has 3 aromatic rings. The number of aromatic amines is 1. The Balaban J connectivity index is 1.18. The van der Waals surface area contributed by atoms with Crippen LogP contribution in [0.4, 0.5) is 0 Å². The van der Waals surface area contributed by atoms with Gasteiger partial charge in [-0.3, -0.25) is 9.69 Å². The third kappa shape index (κ3) is 4.37. The number of H-pyrrole nitrogens is 1. The number of aromatic nitrogens is 3. The van der Waals surface area contributed by atoms with E-state index in [1.165, 1.54) is 42.6 Å². The van der Waals surface area contributed by atoms with Crippen molar-refractivity contribution in [3.8, 4) is 11.3 Å². The van der Waals surface area contributed by atoms with Crippen LogP contribution in [0.15, 0.2) is 23.8 Å². The Bertz CT molecular complexity index is 1140. The van der Waals surface area contributed by atoms with Gasteiger partial charge in [-0.2, -0.15) is 0 Å². The van der Waals surface area contributed by atoms with Crippen LogP contribution in [0.3, 0.4) is 0 Å². The van der Waals surface area contributed by atoms with Gasteiger partial charge in [0.05, 0.1) is 32.1 Å². The topological polar surface area (TPSA) is 83.6 Å². The molecule has 3 aliphatic rings. The Morgan fingerprint density at radius 2 is 1.76 bits per heavy atom. The Kier molecular flexibility index (Phi) is 6.34. The normalized spacial score (nSPS) is 24.5. The molecule has 0 aromatic carbocycles. The Hall–Kier alpha value is -2.33. The molecular formula is C25H31N5O3S. The van der Waals surface area contributed by atoms with Gasteiger partial charge in [0.1, 0.15) is 5.65 Å². The van der Waals surface area contributed by atoms with Crippen molar-refractivity contribution in [1.82, 2.24) is 24.8 Å². The molecule has 1 aliphatic carbocycles. The summed E-state index contributed by atoms with van der Waals surface area (Å²) >= 11 is 1.41. The minimum absolute atomic E-state index is 0.00441. The van der Waals surface area contributed by atoms with E-state index < -0.39 is 0 Å². The van der Waals surface area contributed by atoms with Gasteiger partial charge in [0.25, 0.3) is 5.91 Å². The van der Waals surface area contributed by atoms with Gasteiger partial charge in [-0.1, -0.05) is 0 Å². The van der Waals surface area contributed by atoms with Crippen molar-refractivity contribution >= 4 is 28.3 Å². The Morgan fingerprint density at radius 3 is 2.53 bits per heavy atom. The van der Waals surface area contributed by atoms with Crippen molar-refractivity contribution < 1.29 is 14.3 Å². The van der Waals surface area contributed by atoms with E-state index in [9.17, 15) is 4.79 Å². The highest BCUT2D eigenvalue weighted by molar-refractivity contribution is 7.12. The van der Waals surface area contributed by atoms with Gasteiger partial charge >= 0.3 is 0 Å². The number of rotatable bonds is 4. The fraction of sp³-hybridized carbons (Fsp3) is 0.560. The van der Waals surface area contributed by atoms with Crippen molar-refractivity contribution in [2.45, 2.75) is 37.6 Å². The van der Waals surface area contributed by atoms with E-state index in [1.54, 1.807) is 0 Å². The number of ether oxygens (including phenoxy) is 2. The van der Waals surface area contributed by atoms with Crippen molar-refractivity contribution in [2.75, 3.05) is 52.6 Å². The molecule has 0 unspecified atom stereocenters. The van der Waals surface area contributed by atoms with Crippen LogP contribution in [0.5, 0.6) is 0 Å². The minimum atomic E-state index is -0.00441. The number of nitrogens with one attached hydrogen (secondary N) is 1. The van der Waals surface area contributed by atoms with Gasteiger partial charge in [0, 0.05) is 60.9 Å². The van der Waals surface area contributed by atoms with Crippen molar-refractivity contribution in [2.24, 2.45) is 0 Å². The van der Waals surface area contributed by atoms with Crippen LogP contribution >= 0.6 is 11.3 Å². The molecule has 0 bridgehead atoms. The number of carbonyl (C=O) groups excluding carboxylic acids is 1. The lowest BCUT2D eigenvalue weighted by atomic mass is 9.81. The van der Waals surface area contributed by atoms with E-state index in [0.717, 1.165) is 48.6 Å². The quantitative estimate of drug-likeness (QED) is 0.614. The molecule has 2 saturated heterocycles. The summed E-state index contributed by atoms with van der Waals surface area (Å²) in [5.41, 5.74) is 4.04. The maximum absolute atomic E-state index is 12.8. The van der Waals surface area contributed by atoms with E-state index in [1.807, 2.05) is 22.7 Å². The smallest absolute Gasteiger partial charge is 0.283 e. The number of fused-ring (bicyclic) bond motifs is 1. The molecule has 8 nitrogen and oxygen atoms in total. The lowest BCUT2D eigenvalue weighted by Crippen LogP contribution is -2.44. The molecule has 2 aliphatic heterocycles. The van der Waals surface area contributed by atoms with E-state index in [2.05, 4.69) is 16.0 Å². The number of amides is 1. The first-order chi connectivity index (χ1) is 16.8. The summed E-state index contributed by atoms with van der Waals surface area (Å²) < 4.78 is 10.9. The van der Waals surface area contributed by atoms with E-state index >= 15 is 0 Å². The van der Waals surface area contributed by atoms with Crippen LogP contribution in [0.1, 0.15) is 47.0 Å². The van der Waals surface area contributed by atoms with E-state index in [4.69, 9.17) is 19.4 Å². The summed E-state index contributed by atoms with van der Waals surface area (Å²) in [5, 5.41) is 3.61. The molecule has 3 fully saturated rings. The second-order valence-electron chi connectivity index (χ2n) is 9.46. The maximum Gasteiger partial charge on any atom is 0.283 e. The lowest BCUT2D eigenvalue weighted by Gasteiger charge is -2.38. The summed E-state index contributed by atoms with van der Waals surface area (Å²) in [7, 11) is 0. The number of hydrogen-bond acceptors (Lipinski definition) is 7. The highest BCUT2D eigenvalue weighted by atomic mass is 32.1. The zero-order chi connectivity index (χ0) is 22.9. The number of nitrogens with zero attached hydrogens (tertiary/aromatic N) is 4. The molecule has 1 N–H and O–H groups in total. The number of thiazole rings is 1. The standard InChI is InChI=1S/C25H31N5O3S/c31-25(30-7-11-33-12-8-30)24-28-22(16-34-24)21-15-27-23-20(21)13-18(14-26-23)17-1-3-19(4-2-17)29-5-9-32-10-6-29/h13-17,19H,1-12H2,(H,26,27).